The van der Waals surface area contributed by atoms with E-state index in [1.807, 2.05) is 6.07 Å². The molecule has 0 saturated heterocycles. The van der Waals surface area contributed by atoms with Crippen molar-refractivity contribution in [3.05, 3.63) is 114 Å². The first-order valence-electron chi connectivity index (χ1n) is 11.6. The molecule has 0 atom stereocenters. The van der Waals surface area contributed by atoms with Crippen molar-refractivity contribution < 1.29 is 23.5 Å². The van der Waals surface area contributed by atoms with E-state index in [2.05, 4.69) is 16.0 Å². The Morgan fingerprint density at radius 3 is 2.37 bits per heavy atom. The van der Waals surface area contributed by atoms with Gasteiger partial charge in [-0.25, -0.2) is 0 Å². The molecule has 0 saturated carbocycles. The fourth-order valence-corrected chi connectivity index (χ4v) is 4.12. The van der Waals surface area contributed by atoms with E-state index in [1.54, 1.807) is 92.0 Å². The number of carbonyl (C=O) groups is 3. The van der Waals surface area contributed by atoms with Crippen LogP contribution in [0, 0.1) is 0 Å². The minimum absolute atomic E-state index is 0.0181. The van der Waals surface area contributed by atoms with Gasteiger partial charge < -0.3 is 25.1 Å². The van der Waals surface area contributed by atoms with Crippen molar-refractivity contribution in [2.75, 3.05) is 23.5 Å². The topological polar surface area (TPSA) is 110 Å². The maximum atomic E-state index is 13.1. The third-order valence-corrected chi connectivity index (χ3v) is 6.17. The Morgan fingerprint density at radius 1 is 0.868 bits per heavy atom. The number of anilines is 2. The van der Waals surface area contributed by atoms with Crippen molar-refractivity contribution in [3.8, 4) is 5.75 Å². The average molecular weight is 528 g/mol. The Kier molecular flexibility index (Phi) is 8.98. The molecule has 8 nitrogen and oxygen atoms in total. The number of carbonyl (C=O) groups excluding carboxylic acids is 3. The minimum atomic E-state index is -0.524. The van der Waals surface area contributed by atoms with Gasteiger partial charge in [0.05, 0.1) is 19.1 Å². The molecule has 0 unspecified atom stereocenters. The van der Waals surface area contributed by atoms with Crippen LogP contribution in [0.5, 0.6) is 5.75 Å². The van der Waals surface area contributed by atoms with Crippen molar-refractivity contribution >= 4 is 46.9 Å². The number of amides is 3. The second kappa shape index (κ2) is 13.0. The van der Waals surface area contributed by atoms with Crippen LogP contribution in [0.15, 0.2) is 112 Å². The number of thioether (sulfide) groups is 1. The molecule has 9 heteroatoms. The summed E-state index contributed by atoms with van der Waals surface area (Å²) >= 11 is 1.33. The van der Waals surface area contributed by atoms with Gasteiger partial charge in [-0.2, -0.15) is 0 Å². The summed E-state index contributed by atoms with van der Waals surface area (Å²) in [6.45, 7) is 0. The molecule has 4 rings (SSSR count). The lowest BCUT2D eigenvalue weighted by molar-refractivity contribution is -0.114. The van der Waals surface area contributed by atoms with Crippen LogP contribution in [0.2, 0.25) is 0 Å². The SMILES string of the molecule is COc1cccc(NC(=O)CSc2cccc(NC(=O)/C(=C/c3ccco3)NC(=O)c3ccccc3)c2)c1. The summed E-state index contributed by atoms with van der Waals surface area (Å²) in [6, 6.07) is 26.2. The molecule has 0 spiro atoms. The van der Waals surface area contributed by atoms with E-state index in [1.165, 1.54) is 24.1 Å². The highest BCUT2D eigenvalue weighted by molar-refractivity contribution is 8.00. The third kappa shape index (κ3) is 7.62. The van der Waals surface area contributed by atoms with E-state index in [0.717, 1.165) is 4.90 Å². The van der Waals surface area contributed by atoms with Gasteiger partial charge in [0, 0.05) is 34.0 Å². The van der Waals surface area contributed by atoms with Crippen LogP contribution < -0.4 is 20.7 Å². The highest BCUT2D eigenvalue weighted by Crippen LogP contribution is 2.23. The van der Waals surface area contributed by atoms with E-state index in [-0.39, 0.29) is 17.4 Å². The second-order valence-electron chi connectivity index (χ2n) is 7.94. The molecule has 3 aromatic carbocycles. The molecule has 0 aliphatic carbocycles. The average Bonchev–Trinajstić information content (AvgIpc) is 3.45. The predicted octanol–water partition coefficient (Wildman–Crippen LogP) is 5.43. The zero-order chi connectivity index (χ0) is 26.7. The van der Waals surface area contributed by atoms with E-state index in [0.29, 0.717) is 28.4 Å². The second-order valence-corrected chi connectivity index (χ2v) is 8.99. The zero-order valence-electron chi connectivity index (χ0n) is 20.5. The van der Waals surface area contributed by atoms with Crippen LogP contribution in [0.1, 0.15) is 16.1 Å². The minimum Gasteiger partial charge on any atom is -0.497 e. The van der Waals surface area contributed by atoms with Crippen molar-refractivity contribution in [1.82, 2.24) is 5.32 Å². The molecule has 0 bridgehead atoms. The van der Waals surface area contributed by atoms with Gasteiger partial charge in [0.1, 0.15) is 17.2 Å². The molecule has 38 heavy (non-hydrogen) atoms. The van der Waals surface area contributed by atoms with Gasteiger partial charge in [-0.05, 0) is 54.6 Å². The Bertz CT molecular complexity index is 1440. The summed E-state index contributed by atoms with van der Waals surface area (Å²) in [7, 11) is 1.56. The van der Waals surface area contributed by atoms with Crippen LogP contribution >= 0.6 is 11.8 Å². The lowest BCUT2D eigenvalue weighted by Gasteiger charge is -2.12. The van der Waals surface area contributed by atoms with Crippen LogP contribution in [-0.4, -0.2) is 30.6 Å². The normalized spacial score (nSPS) is 10.9. The molecular formula is C29H25N3O5S. The summed E-state index contributed by atoms with van der Waals surface area (Å²) in [5.74, 6) is 0.110. The predicted molar refractivity (Wildman–Crippen MR) is 148 cm³/mol. The van der Waals surface area contributed by atoms with E-state index in [4.69, 9.17) is 9.15 Å². The first-order chi connectivity index (χ1) is 18.5. The summed E-state index contributed by atoms with van der Waals surface area (Å²) < 4.78 is 10.5. The number of hydrogen-bond acceptors (Lipinski definition) is 6. The molecule has 0 radical (unpaired) electrons. The van der Waals surface area contributed by atoms with Gasteiger partial charge in [0.15, 0.2) is 0 Å². The number of ether oxygens (including phenoxy) is 1. The lowest BCUT2D eigenvalue weighted by atomic mass is 10.2. The highest BCUT2D eigenvalue weighted by Gasteiger charge is 2.16. The summed E-state index contributed by atoms with van der Waals surface area (Å²) in [6.07, 6.45) is 2.93. The maximum absolute atomic E-state index is 13.1. The van der Waals surface area contributed by atoms with E-state index in [9.17, 15) is 14.4 Å². The summed E-state index contributed by atoms with van der Waals surface area (Å²) in [4.78, 5) is 39.0. The Morgan fingerprint density at radius 2 is 1.63 bits per heavy atom. The highest BCUT2D eigenvalue weighted by atomic mass is 32.2. The van der Waals surface area contributed by atoms with Gasteiger partial charge in [-0.15, -0.1) is 11.8 Å². The first kappa shape index (κ1) is 26.3. The quantitative estimate of drug-likeness (QED) is 0.187. The van der Waals surface area contributed by atoms with Crippen molar-refractivity contribution in [2.45, 2.75) is 4.90 Å². The fraction of sp³-hybridized carbons (Fsp3) is 0.0690. The van der Waals surface area contributed by atoms with Crippen molar-refractivity contribution in [3.63, 3.8) is 0 Å². The standard InChI is InChI=1S/C29H25N3O5S/c1-36-23-12-5-10-21(16-23)30-27(33)19-38-25-14-6-11-22(17-25)31-29(35)26(18-24-13-7-15-37-24)32-28(34)20-8-3-2-4-9-20/h2-18H,19H2,1H3,(H,30,33)(H,31,35)(H,32,34)/b26-18-. The number of benzene rings is 3. The summed E-state index contributed by atoms with van der Waals surface area (Å²) in [5.41, 5.74) is 1.58. The molecule has 0 aliphatic rings. The molecule has 1 aromatic heterocycles. The molecule has 4 aromatic rings. The van der Waals surface area contributed by atoms with Crippen molar-refractivity contribution in [2.24, 2.45) is 0 Å². The van der Waals surface area contributed by atoms with Crippen molar-refractivity contribution in [1.29, 1.82) is 0 Å². The molecular weight excluding hydrogens is 502 g/mol. The molecule has 0 aliphatic heterocycles. The molecule has 192 valence electrons. The number of furan rings is 1. The zero-order valence-corrected chi connectivity index (χ0v) is 21.3. The van der Waals surface area contributed by atoms with E-state index >= 15 is 0 Å². The van der Waals surface area contributed by atoms with Gasteiger partial charge in [-0.3, -0.25) is 14.4 Å². The van der Waals surface area contributed by atoms with Crippen LogP contribution in [0.4, 0.5) is 11.4 Å². The van der Waals surface area contributed by atoms with Crippen LogP contribution in [0.3, 0.4) is 0 Å². The number of methoxy groups -OCH3 is 1. The maximum Gasteiger partial charge on any atom is 0.272 e. The number of hydrogen-bond donors (Lipinski definition) is 3. The lowest BCUT2D eigenvalue weighted by Crippen LogP contribution is -2.30. The Balaban J connectivity index is 1.40. The van der Waals surface area contributed by atoms with Crippen LogP contribution in [0.25, 0.3) is 6.08 Å². The molecule has 3 N–H and O–H groups in total. The van der Waals surface area contributed by atoms with E-state index < -0.39 is 11.8 Å². The fourth-order valence-electron chi connectivity index (χ4n) is 3.37. The van der Waals surface area contributed by atoms with Gasteiger partial charge >= 0.3 is 0 Å². The largest absolute Gasteiger partial charge is 0.497 e. The smallest absolute Gasteiger partial charge is 0.272 e. The van der Waals surface area contributed by atoms with Crippen LogP contribution in [-0.2, 0) is 9.59 Å². The number of nitrogens with one attached hydrogen (secondary N) is 3. The van der Waals surface area contributed by atoms with Gasteiger partial charge in [0.25, 0.3) is 11.8 Å². The molecule has 0 fully saturated rings. The Labute approximate surface area is 224 Å². The molecule has 1 heterocycles. The first-order valence-corrected chi connectivity index (χ1v) is 12.6. The Hall–Kier alpha value is -4.76. The third-order valence-electron chi connectivity index (χ3n) is 5.17. The number of rotatable bonds is 10. The monoisotopic (exact) mass is 527 g/mol. The molecule has 3 amide bonds. The van der Waals surface area contributed by atoms with Gasteiger partial charge in [0.2, 0.25) is 5.91 Å². The summed E-state index contributed by atoms with van der Waals surface area (Å²) in [5, 5.41) is 8.30. The van der Waals surface area contributed by atoms with Gasteiger partial charge in [-0.1, -0.05) is 30.3 Å².